The molecule has 0 heterocycles. The first-order valence-corrected chi connectivity index (χ1v) is 8.09. The van der Waals surface area contributed by atoms with E-state index in [9.17, 15) is 8.42 Å². The summed E-state index contributed by atoms with van der Waals surface area (Å²) in [5.41, 5.74) is 7.08. The van der Waals surface area contributed by atoms with Gasteiger partial charge in [-0.2, -0.15) is 0 Å². The summed E-state index contributed by atoms with van der Waals surface area (Å²) in [6, 6.07) is 7.73. The number of anilines is 1. The third-order valence-corrected chi connectivity index (χ3v) is 3.35. The van der Waals surface area contributed by atoms with Crippen LogP contribution in [0.15, 0.2) is 29.3 Å². The Hall–Kier alpha value is -0.870. The first-order valence-electron chi connectivity index (χ1n) is 6.20. The van der Waals surface area contributed by atoms with Crippen LogP contribution in [0.1, 0.15) is 19.4 Å². The van der Waals surface area contributed by atoms with E-state index in [-0.39, 0.29) is 36.5 Å². The van der Waals surface area contributed by atoms with Crippen molar-refractivity contribution >= 4 is 45.6 Å². The van der Waals surface area contributed by atoms with E-state index >= 15 is 0 Å². The lowest BCUT2D eigenvalue weighted by Gasteiger charge is -2.22. The van der Waals surface area contributed by atoms with Gasteiger partial charge in [-0.3, -0.25) is 4.99 Å². The standard InChI is InChI=1S/C13H22N4O2S.HI/c1-10-5-7-11(8-6-10)16-12(14)15-9-13(2,3)17-20(4,18)19;/h5-8,17H,9H2,1-4H3,(H3,14,15,16);1H. The van der Waals surface area contributed by atoms with E-state index < -0.39 is 15.6 Å². The molecule has 0 amide bonds. The van der Waals surface area contributed by atoms with E-state index in [0.717, 1.165) is 17.5 Å². The second-order valence-electron chi connectivity index (χ2n) is 5.45. The molecule has 1 aromatic carbocycles. The van der Waals surface area contributed by atoms with Gasteiger partial charge in [0.05, 0.1) is 12.8 Å². The molecule has 4 N–H and O–H groups in total. The quantitative estimate of drug-likeness (QED) is 0.379. The minimum atomic E-state index is -3.27. The molecule has 0 aliphatic heterocycles. The second-order valence-corrected chi connectivity index (χ2v) is 7.20. The predicted octanol–water partition coefficient (Wildman–Crippen LogP) is 1.67. The van der Waals surface area contributed by atoms with Crippen LogP contribution in [0.2, 0.25) is 0 Å². The maximum Gasteiger partial charge on any atom is 0.209 e. The maximum absolute atomic E-state index is 11.2. The van der Waals surface area contributed by atoms with Crippen molar-refractivity contribution in [2.24, 2.45) is 10.7 Å². The number of halogens is 1. The number of hydrogen-bond donors (Lipinski definition) is 3. The Labute approximate surface area is 143 Å². The van der Waals surface area contributed by atoms with Gasteiger partial charge in [0, 0.05) is 11.2 Å². The van der Waals surface area contributed by atoms with Crippen molar-refractivity contribution in [1.29, 1.82) is 0 Å². The van der Waals surface area contributed by atoms with Crippen LogP contribution in [0.3, 0.4) is 0 Å². The normalized spacial score (nSPS) is 12.7. The monoisotopic (exact) mass is 426 g/mol. The van der Waals surface area contributed by atoms with Crippen LogP contribution in [0.5, 0.6) is 0 Å². The maximum atomic E-state index is 11.2. The molecule has 0 aromatic heterocycles. The molecule has 0 unspecified atom stereocenters. The van der Waals surface area contributed by atoms with Crippen molar-refractivity contribution < 1.29 is 8.42 Å². The van der Waals surface area contributed by atoms with Gasteiger partial charge in [0.1, 0.15) is 0 Å². The second kappa shape index (κ2) is 7.95. The SMILES string of the molecule is Cc1ccc(NC(N)=NCC(C)(C)NS(C)(=O)=O)cc1.I. The van der Waals surface area contributed by atoms with Crippen molar-refractivity contribution in [2.45, 2.75) is 26.3 Å². The third-order valence-electron chi connectivity index (χ3n) is 2.43. The van der Waals surface area contributed by atoms with Crippen LogP contribution in [-0.2, 0) is 10.0 Å². The number of nitrogens with two attached hydrogens (primary N) is 1. The molecule has 0 aliphatic rings. The van der Waals surface area contributed by atoms with Gasteiger partial charge >= 0.3 is 0 Å². The molecule has 0 bridgehead atoms. The molecule has 6 nitrogen and oxygen atoms in total. The van der Waals surface area contributed by atoms with E-state index in [0.29, 0.717) is 0 Å². The Kier molecular flexibility index (Phi) is 7.62. The molecule has 0 spiro atoms. The lowest BCUT2D eigenvalue weighted by Crippen LogP contribution is -2.45. The number of guanidine groups is 1. The van der Waals surface area contributed by atoms with Crippen LogP contribution in [0.4, 0.5) is 5.69 Å². The first kappa shape index (κ1) is 20.1. The largest absolute Gasteiger partial charge is 0.370 e. The first-order chi connectivity index (χ1) is 9.07. The topological polar surface area (TPSA) is 96.6 Å². The fourth-order valence-electron chi connectivity index (χ4n) is 1.64. The summed E-state index contributed by atoms with van der Waals surface area (Å²) in [6.07, 6.45) is 1.12. The molecule has 0 fully saturated rings. The van der Waals surface area contributed by atoms with E-state index in [1.54, 1.807) is 13.8 Å². The van der Waals surface area contributed by atoms with Crippen LogP contribution in [-0.4, -0.2) is 32.7 Å². The van der Waals surface area contributed by atoms with E-state index in [1.807, 2.05) is 31.2 Å². The highest BCUT2D eigenvalue weighted by Gasteiger charge is 2.21. The molecule has 8 heteroatoms. The van der Waals surface area contributed by atoms with Crippen LogP contribution in [0, 0.1) is 6.92 Å². The number of rotatable bonds is 5. The van der Waals surface area contributed by atoms with Crippen LogP contribution < -0.4 is 15.8 Å². The van der Waals surface area contributed by atoms with E-state index in [2.05, 4.69) is 15.0 Å². The van der Waals surface area contributed by atoms with Gasteiger partial charge in [0.25, 0.3) is 0 Å². The highest BCUT2D eigenvalue weighted by Crippen LogP contribution is 2.08. The lowest BCUT2D eigenvalue weighted by atomic mass is 10.1. The number of nitrogens with one attached hydrogen (secondary N) is 2. The highest BCUT2D eigenvalue weighted by atomic mass is 127. The molecular weight excluding hydrogens is 403 g/mol. The molecule has 0 radical (unpaired) electrons. The average Bonchev–Trinajstić information content (AvgIpc) is 2.27. The predicted molar refractivity (Wildman–Crippen MR) is 98.8 cm³/mol. The minimum absolute atomic E-state index is 0. The zero-order valence-corrected chi connectivity index (χ0v) is 15.8. The summed E-state index contributed by atoms with van der Waals surface area (Å²) >= 11 is 0. The number of aryl methyl sites for hydroxylation is 1. The Bertz CT molecular complexity index is 583. The summed E-state index contributed by atoms with van der Waals surface area (Å²) in [5.74, 6) is 0.247. The molecule has 21 heavy (non-hydrogen) atoms. The Balaban J connectivity index is 0.00000400. The Morgan fingerprint density at radius 3 is 2.29 bits per heavy atom. The fourth-order valence-corrected chi connectivity index (χ4v) is 2.71. The number of aliphatic imine (C=N–C) groups is 1. The number of benzene rings is 1. The van der Waals surface area contributed by atoms with Gasteiger partial charge in [0.15, 0.2) is 5.96 Å². The molecule has 0 saturated carbocycles. The Morgan fingerprint density at radius 2 is 1.81 bits per heavy atom. The summed E-state index contributed by atoms with van der Waals surface area (Å²) in [5, 5.41) is 2.96. The summed E-state index contributed by atoms with van der Waals surface area (Å²) in [6.45, 7) is 5.73. The third kappa shape index (κ3) is 8.89. The Morgan fingerprint density at radius 1 is 1.29 bits per heavy atom. The number of nitrogens with zero attached hydrogens (tertiary/aromatic N) is 1. The molecule has 120 valence electrons. The lowest BCUT2D eigenvalue weighted by molar-refractivity contribution is 0.466. The van der Waals surface area contributed by atoms with Crippen LogP contribution >= 0.6 is 24.0 Å². The minimum Gasteiger partial charge on any atom is -0.370 e. The fraction of sp³-hybridized carbons (Fsp3) is 0.462. The number of hydrogen-bond acceptors (Lipinski definition) is 3. The molecule has 0 aliphatic carbocycles. The van der Waals surface area contributed by atoms with Gasteiger partial charge in [-0.25, -0.2) is 13.1 Å². The molecule has 1 rings (SSSR count). The zero-order valence-electron chi connectivity index (χ0n) is 12.7. The van der Waals surface area contributed by atoms with Crippen molar-refractivity contribution in [3.8, 4) is 0 Å². The van der Waals surface area contributed by atoms with Gasteiger partial charge in [0.2, 0.25) is 10.0 Å². The van der Waals surface area contributed by atoms with Crippen molar-refractivity contribution in [2.75, 3.05) is 18.1 Å². The average molecular weight is 426 g/mol. The van der Waals surface area contributed by atoms with Crippen molar-refractivity contribution in [3.05, 3.63) is 29.8 Å². The summed E-state index contributed by atoms with van der Waals surface area (Å²) in [4.78, 5) is 4.15. The van der Waals surface area contributed by atoms with Crippen LogP contribution in [0.25, 0.3) is 0 Å². The van der Waals surface area contributed by atoms with Gasteiger partial charge in [-0.05, 0) is 32.9 Å². The van der Waals surface area contributed by atoms with Crippen molar-refractivity contribution in [1.82, 2.24) is 4.72 Å². The number of sulfonamides is 1. The highest BCUT2D eigenvalue weighted by molar-refractivity contribution is 14.0. The molecule has 0 atom stereocenters. The van der Waals surface area contributed by atoms with Gasteiger partial charge in [-0.1, -0.05) is 17.7 Å². The summed E-state index contributed by atoms with van der Waals surface area (Å²) < 4.78 is 24.9. The van der Waals surface area contributed by atoms with Crippen molar-refractivity contribution in [3.63, 3.8) is 0 Å². The summed E-state index contributed by atoms with van der Waals surface area (Å²) in [7, 11) is -3.27. The van der Waals surface area contributed by atoms with E-state index in [4.69, 9.17) is 5.73 Å². The van der Waals surface area contributed by atoms with Gasteiger partial charge in [-0.15, -0.1) is 24.0 Å². The zero-order chi connectivity index (χ0) is 15.4. The molecule has 1 aromatic rings. The molecule has 0 saturated heterocycles. The smallest absolute Gasteiger partial charge is 0.209 e. The molecular formula is C13H23IN4O2S. The van der Waals surface area contributed by atoms with Gasteiger partial charge < -0.3 is 11.1 Å². The van der Waals surface area contributed by atoms with E-state index in [1.165, 1.54) is 0 Å².